The Balaban J connectivity index is 2.62. The second kappa shape index (κ2) is 6.64. The molecule has 1 unspecified atom stereocenters. The third-order valence-corrected chi connectivity index (χ3v) is 2.31. The van der Waals surface area contributed by atoms with E-state index in [9.17, 15) is 5.11 Å². The van der Waals surface area contributed by atoms with E-state index in [-0.39, 0.29) is 0 Å². The third kappa shape index (κ3) is 4.06. The van der Waals surface area contributed by atoms with E-state index in [1.165, 1.54) is 0 Å². The topological polar surface area (TPSA) is 42.4 Å². The summed E-state index contributed by atoms with van der Waals surface area (Å²) in [6.45, 7) is 2.51. The molecule has 1 atom stereocenters. The molecule has 3 nitrogen and oxygen atoms in total. The predicted octanol–water partition coefficient (Wildman–Crippen LogP) is 2.53. The molecular formula is C11H16ClNO2. The van der Waals surface area contributed by atoms with Crippen LogP contribution in [0, 0.1) is 0 Å². The minimum atomic E-state index is -0.503. The number of hydrogen-bond acceptors (Lipinski definition) is 3. The molecule has 0 fully saturated rings. The Morgan fingerprint density at radius 1 is 1.53 bits per heavy atom. The van der Waals surface area contributed by atoms with Crippen LogP contribution in [0.15, 0.2) is 18.5 Å². The lowest BCUT2D eigenvalue weighted by atomic mass is 10.1. The van der Waals surface area contributed by atoms with Crippen molar-refractivity contribution in [3.8, 4) is 5.75 Å². The Labute approximate surface area is 95.1 Å². The highest BCUT2D eigenvalue weighted by molar-refractivity contribution is 6.17. The quantitative estimate of drug-likeness (QED) is 0.763. The largest absolute Gasteiger partial charge is 0.492 e. The highest BCUT2D eigenvalue weighted by Gasteiger charge is 2.08. The van der Waals surface area contributed by atoms with Crippen LogP contribution in [0.1, 0.15) is 31.4 Å². The summed E-state index contributed by atoms with van der Waals surface area (Å²) in [5.41, 5.74) is 0.783. The van der Waals surface area contributed by atoms with E-state index in [0.717, 1.165) is 12.0 Å². The summed E-state index contributed by atoms with van der Waals surface area (Å²) in [5, 5.41) is 9.79. The molecule has 1 heterocycles. The Bertz CT molecular complexity index is 294. The van der Waals surface area contributed by atoms with Gasteiger partial charge in [0.15, 0.2) is 0 Å². The molecule has 0 saturated carbocycles. The number of halogens is 1. The number of aliphatic hydroxyl groups is 1. The van der Waals surface area contributed by atoms with Crippen LogP contribution < -0.4 is 4.74 Å². The van der Waals surface area contributed by atoms with Gasteiger partial charge in [-0.15, -0.1) is 11.6 Å². The molecule has 0 aliphatic heterocycles. The van der Waals surface area contributed by atoms with E-state index in [4.69, 9.17) is 16.3 Å². The molecule has 0 bridgehead atoms. The summed E-state index contributed by atoms with van der Waals surface area (Å²) in [4.78, 5) is 4.01. The van der Waals surface area contributed by atoms with Gasteiger partial charge >= 0.3 is 0 Å². The Hall–Kier alpha value is -0.800. The fourth-order valence-electron chi connectivity index (χ4n) is 1.30. The lowest BCUT2D eigenvalue weighted by Crippen LogP contribution is -2.00. The molecule has 84 valence electrons. The third-order valence-electron chi connectivity index (χ3n) is 2.04. The van der Waals surface area contributed by atoms with Crippen LogP contribution in [0.5, 0.6) is 5.75 Å². The second-order valence-corrected chi connectivity index (χ2v) is 3.61. The summed E-state index contributed by atoms with van der Waals surface area (Å²) in [6, 6.07) is 1.81. The lowest BCUT2D eigenvalue weighted by Gasteiger charge is -2.11. The first-order chi connectivity index (χ1) is 7.27. The maximum Gasteiger partial charge on any atom is 0.137 e. The van der Waals surface area contributed by atoms with E-state index in [0.29, 0.717) is 24.7 Å². The number of nitrogens with zero attached hydrogens (tertiary/aromatic N) is 1. The molecule has 1 N–H and O–H groups in total. The van der Waals surface area contributed by atoms with Crippen LogP contribution in [0.4, 0.5) is 0 Å². The van der Waals surface area contributed by atoms with Crippen LogP contribution in [0.3, 0.4) is 0 Å². The van der Waals surface area contributed by atoms with Crippen molar-refractivity contribution in [2.75, 3.05) is 12.5 Å². The normalized spacial score (nSPS) is 12.5. The zero-order chi connectivity index (χ0) is 11.1. The number of aliphatic hydroxyl groups excluding tert-OH is 1. The van der Waals surface area contributed by atoms with Gasteiger partial charge in [-0.1, -0.05) is 0 Å². The van der Waals surface area contributed by atoms with Gasteiger partial charge in [0, 0.05) is 17.6 Å². The molecule has 4 heteroatoms. The summed E-state index contributed by atoms with van der Waals surface area (Å²) in [6.07, 6.45) is 4.24. The van der Waals surface area contributed by atoms with Crippen LogP contribution in [0.2, 0.25) is 0 Å². The molecule has 0 aliphatic rings. The first kappa shape index (κ1) is 12.3. The Kier molecular flexibility index (Phi) is 5.43. The van der Waals surface area contributed by atoms with Crippen molar-refractivity contribution in [2.45, 2.75) is 25.9 Å². The van der Waals surface area contributed by atoms with Gasteiger partial charge in [0.05, 0.1) is 18.9 Å². The monoisotopic (exact) mass is 229 g/mol. The van der Waals surface area contributed by atoms with Crippen molar-refractivity contribution in [1.82, 2.24) is 4.98 Å². The highest BCUT2D eigenvalue weighted by Crippen LogP contribution is 2.21. The van der Waals surface area contributed by atoms with E-state index >= 15 is 0 Å². The smallest absolute Gasteiger partial charge is 0.137 e. The van der Waals surface area contributed by atoms with Gasteiger partial charge in [0.1, 0.15) is 5.75 Å². The van der Waals surface area contributed by atoms with Crippen molar-refractivity contribution in [1.29, 1.82) is 0 Å². The van der Waals surface area contributed by atoms with E-state index in [1.807, 2.05) is 13.0 Å². The molecule has 1 aromatic heterocycles. The number of aromatic nitrogens is 1. The van der Waals surface area contributed by atoms with Gasteiger partial charge in [-0.05, 0) is 25.8 Å². The zero-order valence-electron chi connectivity index (χ0n) is 8.82. The van der Waals surface area contributed by atoms with E-state index < -0.39 is 6.10 Å². The molecule has 0 radical (unpaired) electrons. The fraction of sp³-hybridized carbons (Fsp3) is 0.545. The Morgan fingerprint density at radius 3 is 3.00 bits per heavy atom. The SMILES string of the molecule is CCOc1cncc(C(O)CCCCl)c1. The first-order valence-corrected chi connectivity index (χ1v) is 5.63. The van der Waals surface area contributed by atoms with Gasteiger partial charge in [-0.3, -0.25) is 4.98 Å². The molecule has 0 saturated heterocycles. The zero-order valence-corrected chi connectivity index (χ0v) is 9.57. The van der Waals surface area contributed by atoms with Crippen LogP contribution in [0.25, 0.3) is 0 Å². The molecule has 0 amide bonds. The summed E-state index contributed by atoms with van der Waals surface area (Å²) in [5.74, 6) is 1.26. The highest BCUT2D eigenvalue weighted by atomic mass is 35.5. The summed E-state index contributed by atoms with van der Waals surface area (Å²) >= 11 is 5.56. The van der Waals surface area contributed by atoms with Gasteiger partial charge in [0.25, 0.3) is 0 Å². The van der Waals surface area contributed by atoms with Crippen LogP contribution in [-0.4, -0.2) is 22.6 Å². The van der Waals surface area contributed by atoms with Gasteiger partial charge in [-0.25, -0.2) is 0 Å². The molecule has 0 spiro atoms. The predicted molar refractivity (Wildman–Crippen MR) is 60.3 cm³/mol. The second-order valence-electron chi connectivity index (χ2n) is 3.23. The van der Waals surface area contributed by atoms with Gasteiger partial charge in [0.2, 0.25) is 0 Å². The molecule has 15 heavy (non-hydrogen) atoms. The van der Waals surface area contributed by atoms with Crippen molar-refractivity contribution < 1.29 is 9.84 Å². The minimum Gasteiger partial charge on any atom is -0.492 e. The van der Waals surface area contributed by atoms with E-state index in [1.54, 1.807) is 12.4 Å². The molecule has 0 aromatic carbocycles. The van der Waals surface area contributed by atoms with Crippen LogP contribution >= 0.6 is 11.6 Å². The number of ether oxygens (including phenoxy) is 1. The van der Waals surface area contributed by atoms with Crippen molar-refractivity contribution >= 4 is 11.6 Å². The number of hydrogen-bond donors (Lipinski definition) is 1. The Morgan fingerprint density at radius 2 is 2.33 bits per heavy atom. The first-order valence-electron chi connectivity index (χ1n) is 5.09. The number of pyridine rings is 1. The maximum absolute atomic E-state index is 9.79. The van der Waals surface area contributed by atoms with Crippen molar-refractivity contribution in [3.63, 3.8) is 0 Å². The van der Waals surface area contributed by atoms with Gasteiger partial charge in [-0.2, -0.15) is 0 Å². The fourth-order valence-corrected chi connectivity index (χ4v) is 1.45. The van der Waals surface area contributed by atoms with Crippen molar-refractivity contribution in [3.05, 3.63) is 24.0 Å². The van der Waals surface area contributed by atoms with Crippen LogP contribution in [-0.2, 0) is 0 Å². The van der Waals surface area contributed by atoms with Crippen molar-refractivity contribution in [2.24, 2.45) is 0 Å². The number of alkyl halides is 1. The molecular weight excluding hydrogens is 214 g/mol. The average Bonchev–Trinajstić information content (AvgIpc) is 2.27. The molecule has 1 rings (SSSR count). The minimum absolute atomic E-state index is 0.503. The molecule has 0 aliphatic carbocycles. The van der Waals surface area contributed by atoms with Gasteiger partial charge < -0.3 is 9.84 Å². The number of rotatable bonds is 6. The maximum atomic E-state index is 9.79. The summed E-state index contributed by atoms with van der Waals surface area (Å²) < 4.78 is 5.30. The summed E-state index contributed by atoms with van der Waals surface area (Å²) in [7, 11) is 0. The average molecular weight is 230 g/mol. The van der Waals surface area contributed by atoms with E-state index in [2.05, 4.69) is 4.98 Å². The lowest BCUT2D eigenvalue weighted by molar-refractivity contribution is 0.166. The molecule has 1 aromatic rings. The standard InChI is InChI=1S/C11H16ClNO2/c1-2-15-10-6-9(7-13-8-10)11(14)4-3-5-12/h6-8,11,14H,2-5H2,1H3.